The summed E-state index contributed by atoms with van der Waals surface area (Å²) >= 11 is 0. The number of amides is 1. The summed E-state index contributed by atoms with van der Waals surface area (Å²) < 4.78 is 5.32. The van der Waals surface area contributed by atoms with E-state index < -0.39 is 0 Å². The Morgan fingerprint density at radius 1 is 1.62 bits per heavy atom. The van der Waals surface area contributed by atoms with Crippen molar-refractivity contribution in [3.63, 3.8) is 0 Å². The van der Waals surface area contributed by atoms with Crippen LogP contribution in [0.25, 0.3) is 0 Å². The summed E-state index contributed by atoms with van der Waals surface area (Å²) in [6, 6.07) is 3.65. The van der Waals surface area contributed by atoms with Gasteiger partial charge in [0.1, 0.15) is 5.69 Å². The van der Waals surface area contributed by atoms with E-state index in [1.165, 1.54) is 0 Å². The molecule has 2 rings (SSSR count). The molecule has 0 aliphatic heterocycles. The van der Waals surface area contributed by atoms with Crippen LogP contribution in [0.1, 0.15) is 28.9 Å². The maximum Gasteiger partial charge on any atom is 0.269 e. The molecule has 1 saturated carbocycles. The summed E-state index contributed by atoms with van der Waals surface area (Å²) in [5, 5.41) is 2.85. The van der Waals surface area contributed by atoms with Gasteiger partial charge in [0.25, 0.3) is 5.91 Å². The third-order valence-corrected chi connectivity index (χ3v) is 2.96. The van der Waals surface area contributed by atoms with E-state index in [1.807, 2.05) is 13.0 Å². The van der Waals surface area contributed by atoms with E-state index in [0.29, 0.717) is 12.2 Å². The summed E-state index contributed by atoms with van der Waals surface area (Å²) in [7, 11) is 1.68. The van der Waals surface area contributed by atoms with Crippen molar-refractivity contribution < 1.29 is 9.53 Å². The summed E-state index contributed by atoms with van der Waals surface area (Å²) in [6.45, 7) is 2.51. The van der Waals surface area contributed by atoms with Gasteiger partial charge in [-0.3, -0.25) is 9.78 Å². The quantitative estimate of drug-likeness (QED) is 0.832. The number of nitrogens with one attached hydrogen (secondary N) is 1. The van der Waals surface area contributed by atoms with Gasteiger partial charge in [-0.2, -0.15) is 0 Å². The molecule has 0 atom stereocenters. The van der Waals surface area contributed by atoms with Gasteiger partial charge in [0.15, 0.2) is 0 Å². The predicted octanol–water partition coefficient (Wildman–Crippen LogP) is 1.30. The molecule has 1 amide bonds. The van der Waals surface area contributed by atoms with Crippen LogP contribution in [0.2, 0.25) is 0 Å². The molecule has 0 bridgehead atoms. The van der Waals surface area contributed by atoms with Gasteiger partial charge in [0, 0.05) is 19.9 Å². The molecule has 4 heteroatoms. The average Bonchev–Trinajstić information content (AvgIpc) is 3.07. The van der Waals surface area contributed by atoms with Crippen molar-refractivity contribution in [2.45, 2.75) is 25.4 Å². The number of pyridine rings is 1. The van der Waals surface area contributed by atoms with E-state index in [-0.39, 0.29) is 11.5 Å². The number of aromatic nitrogens is 1. The lowest BCUT2D eigenvalue weighted by Gasteiger charge is -2.13. The molecule has 1 aromatic heterocycles. The zero-order chi connectivity index (χ0) is 11.6. The van der Waals surface area contributed by atoms with E-state index in [9.17, 15) is 4.79 Å². The molecule has 0 radical (unpaired) electrons. The highest BCUT2D eigenvalue weighted by Gasteiger charge is 2.43. The van der Waals surface area contributed by atoms with Crippen LogP contribution in [0.5, 0.6) is 0 Å². The fraction of sp³-hybridized carbons (Fsp3) is 0.500. The second kappa shape index (κ2) is 4.22. The Bertz CT molecular complexity index is 400. The first-order chi connectivity index (χ1) is 7.65. The number of methoxy groups -OCH3 is 1. The molecule has 1 N–H and O–H groups in total. The van der Waals surface area contributed by atoms with Gasteiger partial charge < -0.3 is 10.1 Å². The Labute approximate surface area is 95.0 Å². The topological polar surface area (TPSA) is 51.2 Å². The lowest BCUT2D eigenvalue weighted by atomic mass is 10.2. The molecule has 1 heterocycles. The van der Waals surface area contributed by atoms with E-state index >= 15 is 0 Å². The highest BCUT2D eigenvalue weighted by molar-refractivity contribution is 5.92. The number of hydrogen-bond donors (Lipinski definition) is 1. The number of carbonyl (C=O) groups is 1. The van der Waals surface area contributed by atoms with Crippen molar-refractivity contribution in [2.24, 2.45) is 0 Å². The minimum Gasteiger partial charge on any atom is -0.376 e. The van der Waals surface area contributed by atoms with Crippen molar-refractivity contribution >= 4 is 5.91 Å². The maximum atomic E-state index is 11.8. The lowest BCUT2D eigenvalue weighted by Crippen LogP contribution is -2.34. The normalized spacial score (nSPS) is 16.9. The molecule has 0 unspecified atom stereocenters. The maximum absolute atomic E-state index is 11.8. The van der Waals surface area contributed by atoms with Gasteiger partial charge in [-0.05, 0) is 37.5 Å². The first kappa shape index (κ1) is 11.1. The van der Waals surface area contributed by atoms with Gasteiger partial charge in [-0.15, -0.1) is 0 Å². The van der Waals surface area contributed by atoms with E-state index in [2.05, 4.69) is 10.3 Å². The monoisotopic (exact) mass is 220 g/mol. The largest absolute Gasteiger partial charge is 0.376 e. The van der Waals surface area contributed by atoms with Gasteiger partial charge in [-0.1, -0.05) is 0 Å². The Morgan fingerprint density at radius 2 is 2.38 bits per heavy atom. The van der Waals surface area contributed by atoms with Crippen LogP contribution in [0, 0.1) is 6.92 Å². The average molecular weight is 220 g/mol. The Balaban J connectivity index is 1.93. The second-order valence-electron chi connectivity index (χ2n) is 4.29. The molecular weight excluding hydrogens is 204 g/mol. The lowest BCUT2D eigenvalue weighted by molar-refractivity contribution is 0.0708. The fourth-order valence-electron chi connectivity index (χ4n) is 1.58. The molecule has 0 aromatic carbocycles. The Hall–Kier alpha value is -1.42. The van der Waals surface area contributed by atoms with Crippen LogP contribution < -0.4 is 5.32 Å². The molecule has 86 valence electrons. The third-order valence-electron chi connectivity index (χ3n) is 2.96. The van der Waals surface area contributed by atoms with Gasteiger partial charge in [0.2, 0.25) is 0 Å². The Kier molecular flexibility index (Phi) is 2.92. The van der Waals surface area contributed by atoms with Crippen LogP contribution in [0.15, 0.2) is 18.3 Å². The van der Waals surface area contributed by atoms with Crippen molar-refractivity contribution in [1.29, 1.82) is 0 Å². The number of hydrogen-bond acceptors (Lipinski definition) is 3. The highest BCUT2D eigenvalue weighted by Crippen LogP contribution is 2.37. The van der Waals surface area contributed by atoms with E-state index in [1.54, 1.807) is 19.4 Å². The summed E-state index contributed by atoms with van der Waals surface area (Å²) in [6.07, 6.45) is 3.68. The zero-order valence-electron chi connectivity index (χ0n) is 9.62. The number of nitrogens with zero attached hydrogens (tertiary/aromatic N) is 1. The predicted molar refractivity (Wildman–Crippen MR) is 60.3 cm³/mol. The molecule has 1 aromatic rings. The van der Waals surface area contributed by atoms with Gasteiger partial charge in [-0.25, -0.2) is 0 Å². The van der Waals surface area contributed by atoms with Crippen LogP contribution in [-0.4, -0.2) is 30.1 Å². The van der Waals surface area contributed by atoms with Crippen molar-refractivity contribution in [1.82, 2.24) is 10.3 Å². The van der Waals surface area contributed by atoms with Gasteiger partial charge >= 0.3 is 0 Å². The summed E-state index contributed by atoms with van der Waals surface area (Å²) in [5.74, 6) is -0.132. The molecule has 1 fully saturated rings. The summed E-state index contributed by atoms with van der Waals surface area (Å²) in [4.78, 5) is 15.8. The van der Waals surface area contributed by atoms with Gasteiger partial charge in [0.05, 0.1) is 5.60 Å². The highest BCUT2D eigenvalue weighted by atomic mass is 16.5. The standard InChI is InChI=1S/C12H16N2O2/c1-9-3-6-13-10(7-9)11(15)14-8-12(16-2)4-5-12/h3,6-7H,4-5,8H2,1-2H3,(H,14,15). The third kappa shape index (κ3) is 2.39. The molecule has 16 heavy (non-hydrogen) atoms. The molecule has 1 aliphatic rings. The van der Waals surface area contributed by atoms with Crippen molar-refractivity contribution in [3.8, 4) is 0 Å². The van der Waals surface area contributed by atoms with Crippen LogP contribution in [-0.2, 0) is 4.74 Å². The minimum atomic E-state index is -0.132. The molecule has 4 nitrogen and oxygen atoms in total. The minimum absolute atomic E-state index is 0.112. The number of ether oxygens (including phenoxy) is 1. The van der Waals surface area contributed by atoms with Crippen LogP contribution in [0.4, 0.5) is 0 Å². The zero-order valence-corrected chi connectivity index (χ0v) is 9.62. The molecule has 1 aliphatic carbocycles. The van der Waals surface area contributed by atoms with Crippen molar-refractivity contribution in [2.75, 3.05) is 13.7 Å². The van der Waals surface area contributed by atoms with Crippen molar-refractivity contribution in [3.05, 3.63) is 29.6 Å². The first-order valence-corrected chi connectivity index (χ1v) is 5.41. The van der Waals surface area contributed by atoms with Crippen LogP contribution in [0.3, 0.4) is 0 Å². The molecular formula is C12H16N2O2. The number of carbonyl (C=O) groups excluding carboxylic acids is 1. The smallest absolute Gasteiger partial charge is 0.269 e. The molecule has 0 saturated heterocycles. The fourth-order valence-corrected chi connectivity index (χ4v) is 1.58. The number of rotatable bonds is 4. The molecule has 0 spiro atoms. The SMILES string of the molecule is COC1(CNC(=O)c2cc(C)ccn2)CC1. The van der Waals surface area contributed by atoms with E-state index in [0.717, 1.165) is 18.4 Å². The first-order valence-electron chi connectivity index (χ1n) is 5.41. The summed E-state index contributed by atoms with van der Waals surface area (Å²) in [5.41, 5.74) is 1.39. The van der Waals surface area contributed by atoms with E-state index in [4.69, 9.17) is 4.74 Å². The Morgan fingerprint density at radius 3 is 2.94 bits per heavy atom. The van der Waals surface area contributed by atoms with Crippen LogP contribution >= 0.6 is 0 Å². The second-order valence-corrected chi connectivity index (χ2v) is 4.29. The number of aryl methyl sites for hydroxylation is 1.